The minimum absolute atomic E-state index is 0.118. The Morgan fingerprint density at radius 2 is 2.14 bits per heavy atom. The van der Waals surface area contributed by atoms with Crippen LogP contribution in [0.5, 0.6) is 0 Å². The second-order valence-corrected chi connectivity index (χ2v) is 3.11. The van der Waals surface area contributed by atoms with Crippen LogP contribution in [0.25, 0.3) is 0 Å². The Kier molecular flexibility index (Phi) is 3.55. The van der Waals surface area contributed by atoms with Gasteiger partial charge in [0.2, 0.25) is 0 Å². The first kappa shape index (κ1) is 11.1. The molecule has 0 unspecified atom stereocenters. The van der Waals surface area contributed by atoms with Crippen LogP contribution in [-0.2, 0) is 13.0 Å². The zero-order chi connectivity index (χ0) is 10.6. The Morgan fingerprint density at radius 1 is 1.43 bits per heavy atom. The molecule has 0 aromatic carbocycles. The molecule has 0 N–H and O–H groups in total. The highest BCUT2D eigenvalue weighted by Gasteiger charge is 2.26. The standard InChI is InChI=1S/C9H13F3N2/c1-2-8-13-5-7-14(8)6-3-4-9(10,11)12/h5,7H,2-4,6H2,1H3. The molecule has 0 fully saturated rings. The number of aryl methyl sites for hydroxylation is 2. The van der Waals surface area contributed by atoms with E-state index in [1.807, 2.05) is 6.92 Å². The predicted molar refractivity (Wildman–Crippen MR) is 46.9 cm³/mol. The molecule has 0 saturated heterocycles. The maximum Gasteiger partial charge on any atom is 0.389 e. The summed E-state index contributed by atoms with van der Waals surface area (Å²) in [4.78, 5) is 4.03. The Bertz CT molecular complexity index is 278. The van der Waals surface area contributed by atoms with Crippen molar-refractivity contribution in [3.63, 3.8) is 0 Å². The summed E-state index contributed by atoms with van der Waals surface area (Å²) in [6.07, 6.45) is -0.575. The molecule has 5 heteroatoms. The second kappa shape index (κ2) is 4.48. The number of hydrogen-bond donors (Lipinski definition) is 0. The Labute approximate surface area is 80.8 Å². The van der Waals surface area contributed by atoms with Crippen LogP contribution in [-0.4, -0.2) is 15.7 Å². The van der Waals surface area contributed by atoms with E-state index in [2.05, 4.69) is 4.98 Å². The SMILES string of the molecule is CCc1nccn1CCCC(F)(F)F. The molecule has 1 heterocycles. The molecule has 0 atom stereocenters. The number of alkyl halides is 3. The Morgan fingerprint density at radius 3 is 2.71 bits per heavy atom. The van der Waals surface area contributed by atoms with Gasteiger partial charge in [0.15, 0.2) is 0 Å². The Hall–Kier alpha value is -1.00. The summed E-state index contributed by atoms with van der Waals surface area (Å²) in [5.41, 5.74) is 0. The smallest absolute Gasteiger partial charge is 0.335 e. The van der Waals surface area contributed by atoms with E-state index in [0.29, 0.717) is 6.54 Å². The lowest BCUT2D eigenvalue weighted by molar-refractivity contribution is -0.135. The van der Waals surface area contributed by atoms with E-state index in [0.717, 1.165) is 12.2 Å². The van der Waals surface area contributed by atoms with Gasteiger partial charge in [0.1, 0.15) is 5.82 Å². The van der Waals surface area contributed by atoms with Gasteiger partial charge in [0.05, 0.1) is 0 Å². The molecule has 1 aromatic heterocycles. The molecule has 0 aliphatic carbocycles. The largest absolute Gasteiger partial charge is 0.389 e. The fourth-order valence-corrected chi connectivity index (χ4v) is 1.31. The third-order valence-electron chi connectivity index (χ3n) is 1.98. The fraction of sp³-hybridized carbons (Fsp3) is 0.667. The van der Waals surface area contributed by atoms with Crippen LogP contribution >= 0.6 is 0 Å². The minimum Gasteiger partial charge on any atom is -0.335 e. The summed E-state index contributed by atoms with van der Waals surface area (Å²) in [5, 5.41) is 0. The van der Waals surface area contributed by atoms with E-state index in [9.17, 15) is 13.2 Å². The van der Waals surface area contributed by atoms with E-state index >= 15 is 0 Å². The number of aromatic nitrogens is 2. The van der Waals surface area contributed by atoms with Crippen molar-refractivity contribution in [1.29, 1.82) is 0 Å². The molecular formula is C9H13F3N2. The lowest BCUT2D eigenvalue weighted by Crippen LogP contribution is -2.10. The van der Waals surface area contributed by atoms with Gasteiger partial charge in [-0.2, -0.15) is 13.2 Å². The zero-order valence-corrected chi connectivity index (χ0v) is 8.01. The first-order chi connectivity index (χ1) is 6.53. The van der Waals surface area contributed by atoms with Crippen molar-refractivity contribution in [2.45, 2.75) is 38.9 Å². The number of hydrogen-bond acceptors (Lipinski definition) is 1. The van der Waals surface area contributed by atoms with Crippen molar-refractivity contribution in [1.82, 2.24) is 9.55 Å². The molecule has 0 amide bonds. The number of imidazole rings is 1. The van der Waals surface area contributed by atoms with Gasteiger partial charge in [-0.3, -0.25) is 0 Å². The molecule has 80 valence electrons. The van der Waals surface area contributed by atoms with Crippen LogP contribution in [0.3, 0.4) is 0 Å². The first-order valence-corrected chi connectivity index (χ1v) is 4.59. The van der Waals surface area contributed by atoms with Gasteiger partial charge >= 0.3 is 6.18 Å². The quantitative estimate of drug-likeness (QED) is 0.740. The normalized spacial score (nSPS) is 12.0. The lowest BCUT2D eigenvalue weighted by Gasteiger charge is -2.08. The average molecular weight is 206 g/mol. The topological polar surface area (TPSA) is 17.8 Å². The lowest BCUT2D eigenvalue weighted by atomic mass is 10.3. The summed E-state index contributed by atoms with van der Waals surface area (Å²) in [6, 6.07) is 0. The number of halogens is 3. The molecule has 1 aromatic rings. The first-order valence-electron chi connectivity index (χ1n) is 4.59. The fourth-order valence-electron chi connectivity index (χ4n) is 1.31. The second-order valence-electron chi connectivity index (χ2n) is 3.11. The molecular weight excluding hydrogens is 193 g/mol. The van der Waals surface area contributed by atoms with Crippen molar-refractivity contribution in [3.05, 3.63) is 18.2 Å². The molecule has 0 aliphatic rings. The van der Waals surface area contributed by atoms with Gasteiger partial charge in [-0.05, 0) is 6.42 Å². The van der Waals surface area contributed by atoms with Crippen LogP contribution in [0.1, 0.15) is 25.6 Å². The van der Waals surface area contributed by atoms with E-state index in [4.69, 9.17) is 0 Å². The summed E-state index contributed by atoms with van der Waals surface area (Å²) in [5.74, 6) is 0.840. The van der Waals surface area contributed by atoms with Crippen molar-refractivity contribution < 1.29 is 13.2 Å². The van der Waals surface area contributed by atoms with E-state index in [1.165, 1.54) is 0 Å². The zero-order valence-electron chi connectivity index (χ0n) is 8.01. The van der Waals surface area contributed by atoms with Crippen molar-refractivity contribution in [3.8, 4) is 0 Å². The van der Waals surface area contributed by atoms with Crippen molar-refractivity contribution in [2.75, 3.05) is 0 Å². The van der Waals surface area contributed by atoms with Crippen LogP contribution in [0.4, 0.5) is 13.2 Å². The molecule has 0 spiro atoms. The molecule has 0 bridgehead atoms. The average Bonchev–Trinajstić information content (AvgIpc) is 2.49. The van der Waals surface area contributed by atoms with Crippen molar-refractivity contribution in [2.24, 2.45) is 0 Å². The minimum atomic E-state index is -4.05. The molecule has 2 nitrogen and oxygen atoms in total. The van der Waals surface area contributed by atoms with Gasteiger partial charge in [-0.1, -0.05) is 6.92 Å². The molecule has 14 heavy (non-hydrogen) atoms. The summed E-state index contributed by atoms with van der Waals surface area (Å²) in [6.45, 7) is 2.32. The number of nitrogens with zero attached hydrogens (tertiary/aromatic N) is 2. The van der Waals surface area contributed by atoms with E-state index < -0.39 is 12.6 Å². The van der Waals surface area contributed by atoms with Crippen LogP contribution in [0, 0.1) is 0 Å². The van der Waals surface area contributed by atoms with Crippen LogP contribution in [0.15, 0.2) is 12.4 Å². The molecule has 0 radical (unpaired) electrons. The van der Waals surface area contributed by atoms with Crippen molar-refractivity contribution >= 4 is 0 Å². The molecule has 1 rings (SSSR count). The molecule has 0 saturated carbocycles. The Balaban J connectivity index is 2.38. The third kappa shape index (κ3) is 3.40. The predicted octanol–water partition coefficient (Wildman–Crippen LogP) is 2.79. The van der Waals surface area contributed by atoms with Crippen LogP contribution < -0.4 is 0 Å². The maximum absolute atomic E-state index is 11.8. The van der Waals surface area contributed by atoms with Gasteiger partial charge in [-0.15, -0.1) is 0 Å². The highest BCUT2D eigenvalue weighted by atomic mass is 19.4. The van der Waals surface area contributed by atoms with Gasteiger partial charge in [-0.25, -0.2) is 4.98 Å². The maximum atomic E-state index is 11.8. The van der Waals surface area contributed by atoms with E-state index in [-0.39, 0.29) is 6.42 Å². The van der Waals surface area contributed by atoms with E-state index in [1.54, 1.807) is 17.0 Å². The monoisotopic (exact) mass is 206 g/mol. The van der Waals surface area contributed by atoms with Gasteiger partial charge in [0, 0.05) is 31.8 Å². The van der Waals surface area contributed by atoms with Gasteiger partial charge in [0.25, 0.3) is 0 Å². The highest BCUT2D eigenvalue weighted by molar-refractivity contribution is 4.91. The highest BCUT2D eigenvalue weighted by Crippen LogP contribution is 2.21. The third-order valence-corrected chi connectivity index (χ3v) is 1.98. The summed E-state index contributed by atoms with van der Waals surface area (Å²) >= 11 is 0. The number of rotatable bonds is 4. The molecule has 0 aliphatic heterocycles. The van der Waals surface area contributed by atoms with Gasteiger partial charge < -0.3 is 4.57 Å². The summed E-state index contributed by atoms with van der Waals surface area (Å²) < 4.78 is 37.3. The van der Waals surface area contributed by atoms with Crippen LogP contribution in [0.2, 0.25) is 0 Å². The summed E-state index contributed by atoms with van der Waals surface area (Å²) in [7, 11) is 0.